The van der Waals surface area contributed by atoms with Crippen LogP contribution >= 0.6 is 11.6 Å². The maximum Gasteiger partial charge on any atom is 0.261 e. The van der Waals surface area contributed by atoms with Crippen LogP contribution in [-0.2, 0) is 20.0 Å². The van der Waals surface area contributed by atoms with E-state index in [2.05, 4.69) is 4.72 Å². The summed E-state index contributed by atoms with van der Waals surface area (Å²) < 4.78 is 49.3. The third-order valence-corrected chi connectivity index (χ3v) is 5.17. The zero-order valence-electron chi connectivity index (χ0n) is 10.5. The maximum atomic E-state index is 12.2. The molecule has 0 saturated heterocycles. The molecule has 2 aromatic carbocycles. The van der Waals surface area contributed by atoms with Gasteiger partial charge in [-0.15, -0.1) is 0 Å². The Bertz CT molecular complexity index is 880. The summed E-state index contributed by atoms with van der Waals surface area (Å²) in [6.07, 6.45) is 0. The third kappa shape index (κ3) is 3.73. The fourth-order valence-electron chi connectivity index (χ4n) is 1.57. The molecule has 6 nitrogen and oxygen atoms in total. The standard InChI is InChI=1S/C12H11ClN2O4S2/c13-11-6-1-2-7-12(11)15-21(18,19)10-5-3-4-9(8-10)20(14,16)17/h1-8,15H,(H2,14,16,17). The first-order chi connectivity index (χ1) is 9.70. The Morgan fingerprint density at radius 3 is 2.14 bits per heavy atom. The van der Waals surface area contributed by atoms with E-state index in [1.807, 2.05) is 0 Å². The quantitative estimate of drug-likeness (QED) is 0.880. The Kier molecular flexibility index (Phi) is 4.24. The van der Waals surface area contributed by atoms with Gasteiger partial charge in [-0.2, -0.15) is 0 Å². The van der Waals surface area contributed by atoms with Crippen molar-refractivity contribution in [3.63, 3.8) is 0 Å². The average molecular weight is 347 g/mol. The lowest BCUT2D eigenvalue weighted by Crippen LogP contribution is -2.16. The SMILES string of the molecule is NS(=O)(=O)c1cccc(S(=O)(=O)Nc2ccccc2Cl)c1. The van der Waals surface area contributed by atoms with Crippen LogP contribution in [0.2, 0.25) is 5.02 Å². The van der Waals surface area contributed by atoms with E-state index in [1.54, 1.807) is 12.1 Å². The van der Waals surface area contributed by atoms with Crippen molar-refractivity contribution in [3.8, 4) is 0 Å². The molecule has 0 saturated carbocycles. The van der Waals surface area contributed by atoms with Gasteiger partial charge < -0.3 is 0 Å². The molecule has 0 heterocycles. The molecule has 0 bridgehead atoms. The largest absolute Gasteiger partial charge is 0.278 e. The van der Waals surface area contributed by atoms with Gasteiger partial charge in [-0.1, -0.05) is 29.8 Å². The van der Waals surface area contributed by atoms with Crippen molar-refractivity contribution in [2.75, 3.05) is 4.72 Å². The number of hydrogen-bond donors (Lipinski definition) is 2. The van der Waals surface area contributed by atoms with Gasteiger partial charge in [0, 0.05) is 0 Å². The van der Waals surface area contributed by atoms with Crippen molar-refractivity contribution in [3.05, 3.63) is 53.6 Å². The molecule has 2 rings (SSSR count). The zero-order chi connectivity index (χ0) is 15.7. The van der Waals surface area contributed by atoms with Crippen LogP contribution in [0, 0.1) is 0 Å². The lowest BCUT2D eigenvalue weighted by molar-refractivity contribution is 0.597. The Labute approximate surface area is 127 Å². The second kappa shape index (κ2) is 5.64. The van der Waals surface area contributed by atoms with Gasteiger partial charge in [-0.25, -0.2) is 22.0 Å². The molecule has 21 heavy (non-hydrogen) atoms. The van der Waals surface area contributed by atoms with E-state index < -0.39 is 20.0 Å². The molecule has 0 aliphatic rings. The number of anilines is 1. The van der Waals surface area contributed by atoms with Crippen molar-refractivity contribution in [1.29, 1.82) is 0 Å². The van der Waals surface area contributed by atoms with Crippen LogP contribution in [0.1, 0.15) is 0 Å². The predicted octanol–water partition coefficient (Wildman–Crippen LogP) is 1.79. The van der Waals surface area contributed by atoms with E-state index in [1.165, 1.54) is 30.3 Å². The molecule has 112 valence electrons. The second-order valence-corrected chi connectivity index (χ2v) is 7.76. The lowest BCUT2D eigenvalue weighted by atomic mass is 10.3. The molecular formula is C12H11ClN2O4S2. The number of benzene rings is 2. The van der Waals surface area contributed by atoms with E-state index in [0.29, 0.717) is 0 Å². The highest BCUT2D eigenvalue weighted by molar-refractivity contribution is 7.93. The normalized spacial score (nSPS) is 12.1. The minimum atomic E-state index is -3.98. The zero-order valence-corrected chi connectivity index (χ0v) is 12.9. The highest BCUT2D eigenvalue weighted by Gasteiger charge is 2.18. The molecule has 0 aliphatic heterocycles. The van der Waals surface area contributed by atoms with Crippen molar-refractivity contribution in [2.24, 2.45) is 5.14 Å². The number of nitrogens with two attached hydrogens (primary N) is 1. The molecule has 0 aromatic heterocycles. The summed E-state index contributed by atoms with van der Waals surface area (Å²) in [5.41, 5.74) is 0.195. The smallest absolute Gasteiger partial charge is 0.261 e. The molecule has 0 spiro atoms. The topological polar surface area (TPSA) is 106 Å². The van der Waals surface area contributed by atoms with E-state index in [0.717, 1.165) is 6.07 Å². The molecule has 0 unspecified atom stereocenters. The van der Waals surface area contributed by atoms with Crippen LogP contribution in [0.4, 0.5) is 5.69 Å². The summed E-state index contributed by atoms with van der Waals surface area (Å²) in [5.74, 6) is 0. The van der Waals surface area contributed by atoms with Gasteiger partial charge in [0.1, 0.15) is 0 Å². The number of nitrogens with one attached hydrogen (secondary N) is 1. The van der Waals surface area contributed by atoms with Gasteiger partial charge in [-0.05, 0) is 30.3 Å². The molecule has 0 fully saturated rings. The molecule has 2 aromatic rings. The Morgan fingerprint density at radius 2 is 1.52 bits per heavy atom. The van der Waals surface area contributed by atoms with Gasteiger partial charge >= 0.3 is 0 Å². The van der Waals surface area contributed by atoms with Crippen molar-refractivity contribution in [2.45, 2.75) is 9.79 Å². The van der Waals surface area contributed by atoms with Crippen LogP contribution in [0.25, 0.3) is 0 Å². The fourth-order valence-corrected chi connectivity index (χ4v) is 3.56. The predicted molar refractivity (Wildman–Crippen MR) is 80.1 cm³/mol. The van der Waals surface area contributed by atoms with Crippen LogP contribution in [0.3, 0.4) is 0 Å². The molecule has 0 atom stereocenters. The summed E-state index contributed by atoms with van der Waals surface area (Å²) in [6.45, 7) is 0. The van der Waals surface area contributed by atoms with Crippen LogP contribution < -0.4 is 9.86 Å². The van der Waals surface area contributed by atoms with Crippen LogP contribution in [-0.4, -0.2) is 16.8 Å². The van der Waals surface area contributed by atoms with Crippen LogP contribution in [0.5, 0.6) is 0 Å². The van der Waals surface area contributed by atoms with Crippen molar-refractivity contribution < 1.29 is 16.8 Å². The van der Waals surface area contributed by atoms with Gasteiger partial charge in [0.2, 0.25) is 10.0 Å². The number of sulfonamides is 2. The highest BCUT2D eigenvalue weighted by atomic mass is 35.5. The summed E-state index contributed by atoms with van der Waals surface area (Å²) in [4.78, 5) is -0.515. The van der Waals surface area contributed by atoms with Crippen molar-refractivity contribution in [1.82, 2.24) is 0 Å². The van der Waals surface area contributed by atoms with Gasteiger partial charge in [0.05, 0.1) is 20.5 Å². The first kappa shape index (κ1) is 15.8. The minimum absolute atomic E-state index is 0.195. The van der Waals surface area contributed by atoms with E-state index in [-0.39, 0.29) is 20.5 Å². The Hall–Kier alpha value is -1.61. The number of para-hydroxylation sites is 1. The average Bonchev–Trinajstić information content (AvgIpc) is 2.40. The monoisotopic (exact) mass is 346 g/mol. The first-order valence-corrected chi connectivity index (χ1v) is 9.01. The van der Waals surface area contributed by atoms with Gasteiger partial charge in [-0.3, -0.25) is 4.72 Å². The van der Waals surface area contributed by atoms with Gasteiger partial charge in [0.15, 0.2) is 0 Å². The number of primary sulfonamides is 1. The maximum absolute atomic E-state index is 12.2. The molecular weight excluding hydrogens is 336 g/mol. The third-order valence-electron chi connectivity index (χ3n) is 2.56. The number of rotatable bonds is 4. The fraction of sp³-hybridized carbons (Fsp3) is 0. The Balaban J connectivity index is 2.44. The van der Waals surface area contributed by atoms with E-state index in [4.69, 9.17) is 16.7 Å². The van der Waals surface area contributed by atoms with Gasteiger partial charge in [0.25, 0.3) is 10.0 Å². The van der Waals surface area contributed by atoms with Crippen LogP contribution in [0.15, 0.2) is 58.3 Å². The van der Waals surface area contributed by atoms with E-state index in [9.17, 15) is 16.8 Å². The highest BCUT2D eigenvalue weighted by Crippen LogP contribution is 2.24. The molecule has 0 radical (unpaired) electrons. The molecule has 9 heteroatoms. The summed E-state index contributed by atoms with van der Waals surface area (Å²) >= 11 is 5.88. The second-order valence-electron chi connectivity index (χ2n) is 4.11. The molecule has 0 amide bonds. The summed E-state index contributed by atoms with van der Waals surface area (Å²) in [5, 5.41) is 5.21. The summed E-state index contributed by atoms with van der Waals surface area (Å²) in [6, 6.07) is 11.0. The molecule has 0 aliphatic carbocycles. The minimum Gasteiger partial charge on any atom is -0.278 e. The first-order valence-electron chi connectivity index (χ1n) is 5.60. The summed E-state index contributed by atoms with van der Waals surface area (Å²) in [7, 11) is -7.96. The number of halogens is 1. The van der Waals surface area contributed by atoms with E-state index >= 15 is 0 Å². The Morgan fingerprint density at radius 1 is 0.905 bits per heavy atom. The number of hydrogen-bond acceptors (Lipinski definition) is 4. The van der Waals surface area contributed by atoms with Crippen molar-refractivity contribution >= 4 is 37.3 Å². The molecule has 3 N–H and O–H groups in total. The lowest BCUT2D eigenvalue weighted by Gasteiger charge is -2.10.